The van der Waals surface area contributed by atoms with Gasteiger partial charge in [-0.05, 0) is 47.1 Å². The Labute approximate surface area is 189 Å². The number of carbonyl (C=O) groups is 1. The lowest BCUT2D eigenvalue weighted by Gasteiger charge is -2.19. The van der Waals surface area contributed by atoms with Crippen LogP contribution in [0.15, 0.2) is 53.7 Å². The smallest absolute Gasteiger partial charge is 0.345 e. The molecule has 32 heavy (non-hydrogen) atoms. The van der Waals surface area contributed by atoms with Crippen molar-refractivity contribution >= 4 is 17.7 Å². The molecule has 3 rings (SSSR count). The van der Waals surface area contributed by atoms with Crippen molar-refractivity contribution in [1.29, 1.82) is 0 Å². The maximum atomic E-state index is 13.2. The molecule has 0 atom stereocenters. The van der Waals surface area contributed by atoms with Gasteiger partial charge < -0.3 is 5.32 Å². The Balaban J connectivity index is 1.84. The van der Waals surface area contributed by atoms with Gasteiger partial charge in [0.25, 0.3) is 5.91 Å². The quantitative estimate of drug-likeness (QED) is 0.483. The molecule has 0 fully saturated rings. The lowest BCUT2D eigenvalue weighted by Crippen LogP contribution is -2.25. The first kappa shape index (κ1) is 23.8. The molecular weight excluding hydrogens is 437 g/mol. The molecule has 170 valence electrons. The molecule has 1 amide bonds. The Kier molecular flexibility index (Phi) is 6.97. The van der Waals surface area contributed by atoms with E-state index in [-0.39, 0.29) is 17.9 Å². The zero-order chi connectivity index (χ0) is 23.5. The molecule has 0 saturated carbocycles. The molecule has 3 aromatic rings. The van der Waals surface area contributed by atoms with Gasteiger partial charge in [0, 0.05) is 5.56 Å². The molecule has 0 aliphatic heterocycles. The Morgan fingerprint density at radius 1 is 1.03 bits per heavy atom. The molecule has 1 N–H and O–H groups in total. The second-order valence-electron chi connectivity index (χ2n) is 8.23. The van der Waals surface area contributed by atoms with E-state index in [1.54, 1.807) is 22.8 Å². The number of aromatic nitrogens is 3. The van der Waals surface area contributed by atoms with Gasteiger partial charge in [-0.2, -0.15) is 13.2 Å². The number of alkyl halides is 3. The lowest BCUT2D eigenvalue weighted by atomic mass is 9.87. The van der Waals surface area contributed by atoms with Gasteiger partial charge in [0.2, 0.25) is 0 Å². The van der Waals surface area contributed by atoms with Crippen LogP contribution in [0.3, 0.4) is 0 Å². The van der Waals surface area contributed by atoms with Crippen LogP contribution in [0.5, 0.6) is 0 Å². The molecule has 0 bridgehead atoms. The van der Waals surface area contributed by atoms with Crippen molar-refractivity contribution in [3.05, 3.63) is 71.0 Å². The summed E-state index contributed by atoms with van der Waals surface area (Å²) in [7, 11) is 0. The summed E-state index contributed by atoms with van der Waals surface area (Å²) in [6.07, 6.45) is -4.46. The van der Waals surface area contributed by atoms with Gasteiger partial charge in [-0.1, -0.05) is 57.7 Å². The third-order valence-electron chi connectivity index (χ3n) is 4.83. The summed E-state index contributed by atoms with van der Waals surface area (Å²) in [5, 5.41) is 11.5. The Morgan fingerprint density at radius 2 is 1.72 bits per heavy atom. The van der Waals surface area contributed by atoms with E-state index in [1.165, 1.54) is 17.8 Å². The number of hydrogen-bond donors (Lipinski definition) is 1. The zero-order valence-electron chi connectivity index (χ0n) is 18.3. The Bertz CT molecular complexity index is 1090. The van der Waals surface area contributed by atoms with Crippen molar-refractivity contribution in [2.75, 3.05) is 5.75 Å². The highest BCUT2D eigenvalue weighted by atomic mass is 32.2. The second kappa shape index (κ2) is 9.36. The van der Waals surface area contributed by atoms with Gasteiger partial charge in [0.05, 0.1) is 17.8 Å². The summed E-state index contributed by atoms with van der Waals surface area (Å²) < 4.78 is 41.1. The normalized spacial score (nSPS) is 12.1. The number of nitrogens with one attached hydrogen (secondary N) is 1. The van der Waals surface area contributed by atoms with Gasteiger partial charge in [-0.15, -0.1) is 10.2 Å². The fourth-order valence-electron chi connectivity index (χ4n) is 3.10. The minimum absolute atomic E-state index is 0.0212. The molecule has 2 aromatic carbocycles. The average Bonchev–Trinajstić information content (AvgIpc) is 3.14. The highest BCUT2D eigenvalue weighted by Crippen LogP contribution is 2.31. The monoisotopic (exact) mass is 462 g/mol. The largest absolute Gasteiger partial charge is 0.416 e. The molecule has 0 spiro atoms. The third-order valence-corrected chi connectivity index (χ3v) is 5.64. The molecule has 1 heterocycles. The van der Waals surface area contributed by atoms with E-state index >= 15 is 0 Å². The number of halogens is 3. The van der Waals surface area contributed by atoms with Crippen LogP contribution in [0.1, 0.15) is 55.0 Å². The zero-order valence-corrected chi connectivity index (χ0v) is 19.1. The third kappa shape index (κ3) is 5.51. The first-order valence-electron chi connectivity index (χ1n) is 10.1. The minimum atomic E-state index is -4.46. The molecular formula is C23H25F3N4OS. The van der Waals surface area contributed by atoms with Crippen molar-refractivity contribution in [2.45, 2.75) is 51.0 Å². The molecule has 1 aromatic heterocycles. The van der Waals surface area contributed by atoms with Gasteiger partial charge in [-0.25, -0.2) is 0 Å². The molecule has 0 radical (unpaired) electrons. The van der Waals surface area contributed by atoms with Crippen molar-refractivity contribution in [2.24, 2.45) is 0 Å². The number of thioether (sulfide) groups is 1. The first-order chi connectivity index (χ1) is 15.0. The Hall–Kier alpha value is -2.81. The van der Waals surface area contributed by atoms with Crippen LogP contribution in [0.25, 0.3) is 5.69 Å². The average molecular weight is 463 g/mol. The van der Waals surface area contributed by atoms with Gasteiger partial charge >= 0.3 is 6.18 Å². The lowest BCUT2D eigenvalue weighted by molar-refractivity contribution is -0.137. The summed E-state index contributed by atoms with van der Waals surface area (Å²) in [5.74, 6) is 0.720. The number of rotatable bonds is 6. The SMILES string of the molecule is CCSc1nnc(CNC(=O)c2ccc(C(C)(C)C)cc2)n1-c1cccc(C(F)(F)F)c1. The highest BCUT2D eigenvalue weighted by Gasteiger charge is 2.31. The molecule has 0 aliphatic rings. The van der Waals surface area contributed by atoms with E-state index in [4.69, 9.17) is 0 Å². The first-order valence-corrected chi connectivity index (χ1v) is 11.1. The predicted molar refractivity (Wildman–Crippen MR) is 119 cm³/mol. The summed E-state index contributed by atoms with van der Waals surface area (Å²) in [6.45, 7) is 8.21. The van der Waals surface area contributed by atoms with Crippen molar-refractivity contribution in [3.63, 3.8) is 0 Å². The van der Waals surface area contributed by atoms with Gasteiger partial charge in [0.15, 0.2) is 11.0 Å². The number of carbonyl (C=O) groups excluding carboxylic acids is 1. The van der Waals surface area contributed by atoms with Crippen LogP contribution < -0.4 is 5.32 Å². The second-order valence-corrected chi connectivity index (χ2v) is 9.46. The van der Waals surface area contributed by atoms with Crippen molar-refractivity contribution in [1.82, 2.24) is 20.1 Å². The van der Waals surface area contributed by atoms with Crippen LogP contribution in [0.4, 0.5) is 13.2 Å². The van der Waals surface area contributed by atoms with E-state index in [0.717, 1.165) is 17.7 Å². The Morgan fingerprint density at radius 3 is 2.31 bits per heavy atom. The van der Waals surface area contributed by atoms with Crippen molar-refractivity contribution in [3.8, 4) is 5.69 Å². The summed E-state index contributed by atoms with van der Waals surface area (Å²) in [5.41, 5.74) is 1.11. The maximum absolute atomic E-state index is 13.2. The van der Waals surface area contributed by atoms with Crippen LogP contribution >= 0.6 is 11.8 Å². The summed E-state index contributed by atoms with van der Waals surface area (Å²) >= 11 is 1.36. The standard InChI is InChI=1S/C23H25F3N4OS/c1-5-32-21-29-28-19(30(21)18-8-6-7-17(13-18)23(24,25)26)14-27-20(31)15-9-11-16(12-10-15)22(2,3)4/h6-13H,5,14H2,1-4H3,(H,27,31). The van der Waals surface area contributed by atoms with E-state index in [2.05, 4.69) is 36.3 Å². The molecule has 0 saturated heterocycles. The molecule has 0 unspecified atom stereocenters. The minimum Gasteiger partial charge on any atom is -0.345 e. The fourth-order valence-corrected chi connectivity index (χ4v) is 3.80. The molecule has 0 aliphatic carbocycles. The number of amides is 1. The highest BCUT2D eigenvalue weighted by molar-refractivity contribution is 7.99. The van der Waals surface area contributed by atoms with E-state index in [1.807, 2.05) is 19.1 Å². The summed E-state index contributed by atoms with van der Waals surface area (Å²) in [4.78, 5) is 12.6. The number of benzene rings is 2. The number of hydrogen-bond acceptors (Lipinski definition) is 4. The van der Waals surface area contributed by atoms with Crippen molar-refractivity contribution < 1.29 is 18.0 Å². The van der Waals surface area contributed by atoms with Crippen LogP contribution in [0, 0.1) is 0 Å². The van der Waals surface area contributed by atoms with E-state index < -0.39 is 11.7 Å². The van der Waals surface area contributed by atoms with E-state index in [0.29, 0.717) is 28.0 Å². The van der Waals surface area contributed by atoms with Crippen LogP contribution in [0.2, 0.25) is 0 Å². The topological polar surface area (TPSA) is 59.8 Å². The summed E-state index contributed by atoms with van der Waals surface area (Å²) in [6, 6.07) is 12.3. The van der Waals surface area contributed by atoms with Crippen LogP contribution in [-0.4, -0.2) is 26.4 Å². The van der Waals surface area contributed by atoms with Crippen LogP contribution in [-0.2, 0) is 18.1 Å². The van der Waals surface area contributed by atoms with Gasteiger partial charge in [-0.3, -0.25) is 9.36 Å². The molecule has 9 heteroatoms. The maximum Gasteiger partial charge on any atom is 0.416 e. The fraction of sp³-hybridized carbons (Fsp3) is 0.348. The number of nitrogens with zero attached hydrogens (tertiary/aromatic N) is 3. The predicted octanol–water partition coefficient (Wildman–Crippen LogP) is 5.63. The van der Waals surface area contributed by atoms with Gasteiger partial charge in [0.1, 0.15) is 0 Å². The van der Waals surface area contributed by atoms with E-state index in [9.17, 15) is 18.0 Å². The molecule has 5 nitrogen and oxygen atoms in total.